The van der Waals surface area contributed by atoms with Gasteiger partial charge in [0.05, 0.1) is 33.3 Å². The van der Waals surface area contributed by atoms with Crippen LogP contribution in [0.5, 0.6) is 0 Å². The maximum absolute atomic E-state index is 11.7. The third-order valence-corrected chi connectivity index (χ3v) is 23.1. The van der Waals surface area contributed by atoms with Gasteiger partial charge in [-0.05, 0) is 206 Å². The lowest BCUT2D eigenvalue weighted by Gasteiger charge is -2.32. The summed E-state index contributed by atoms with van der Waals surface area (Å²) in [5, 5.41) is 10.5. The molecule has 2 aliphatic heterocycles. The van der Waals surface area contributed by atoms with Crippen LogP contribution in [-0.4, -0.2) is 91.4 Å². The lowest BCUT2D eigenvalue weighted by Crippen LogP contribution is -2.41. The summed E-state index contributed by atoms with van der Waals surface area (Å²) in [7, 11) is -0.313. The molecule has 2 N–H and O–H groups in total. The quantitative estimate of drug-likeness (QED) is 0.109. The Morgan fingerprint density at radius 1 is 0.461 bits per heavy atom. The van der Waals surface area contributed by atoms with Crippen LogP contribution in [0.4, 0.5) is 5.69 Å². The summed E-state index contributed by atoms with van der Waals surface area (Å²) >= 11 is 13.2. The first-order valence-corrected chi connectivity index (χ1v) is 40.9. The fourth-order valence-electron chi connectivity index (χ4n) is 15.2. The largest absolute Gasteiger partial charge is 0.494 e. The Morgan fingerprint density at radius 3 is 1.35 bits per heavy atom. The number of hydrogen-bond acceptors (Lipinski definition) is 8. The number of carbonyl (C=O) groups excluding carboxylic acids is 1. The van der Waals surface area contributed by atoms with E-state index in [0.29, 0.717) is 11.1 Å². The Morgan fingerprint density at radius 2 is 0.870 bits per heavy atom. The third kappa shape index (κ3) is 18.1. The van der Waals surface area contributed by atoms with Gasteiger partial charge >= 0.3 is 7.12 Å². The van der Waals surface area contributed by atoms with Crippen LogP contribution in [0.25, 0.3) is 98.8 Å². The summed E-state index contributed by atoms with van der Waals surface area (Å²) in [6.07, 6.45) is 19.3. The first kappa shape index (κ1) is 77.3. The molecule has 9 heterocycles. The Labute approximate surface area is 691 Å². The minimum absolute atomic E-state index is 0.157. The predicted octanol–water partition coefficient (Wildman–Crippen LogP) is 23.0. The molecule has 2 fully saturated rings. The third-order valence-electron chi connectivity index (χ3n) is 21.9. The van der Waals surface area contributed by atoms with Crippen molar-refractivity contribution >= 4 is 144 Å². The van der Waals surface area contributed by atoms with Crippen molar-refractivity contribution in [1.82, 2.24) is 48.1 Å². The molecule has 115 heavy (non-hydrogen) atoms. The van der Waals surface area contributed by atoms with Crippen LogP contribution in [0.2, 0.25) is 5.02 Å². The van der Waals surface area contributed by atoms with Gasteiger partial charge in [0.25, 0.3) is 0 Å². The number of benzene rings is 11. The van der Waals surface area contributed by atoms with Crippen LogP contribution >= 0.6 is 43.5 Å². The highest BCUT2D eigenvalue weighted by molar-refractivity contribution is 9.10. The number of piperidine rings is 1. The van der Waals surface area contributed by atoms with E-state index in [1.807, 2.05) is 47.5 Å². The van der Waals surface area contributed by atoms with E-state index in [1.165, 1.54) is 76.8 Å². The second kappa shape index (κ2) is 34.6. The number of amides is 1. The van der Waals surface area contributed by atoms with Crippen LogP contribution in [0.3, 0.4) is 0 Å². The minimum atomic E-state index is -0.314. The van der Waals surface area contributed by atoms with Gasteiger partial charge in [0.15, 0.2) is 0 Å². The average molecular weight is 1660 g/mol. The molecule has 0 unspecified atom stereocenters. The van der Waals surface area contributed by atoms with Crippen molar-refractivity contribution in [3.8, 4) is 22.3 Å². The van der Waals surface area contributed by atoms with Gasteiger partial charge in [0.1, 0.15) is 0 Å². The van der Waals surface area contributed by atoms with Crippen molar-refractivity contribution < 1.29 is 14.1 Å². The summed E-state index contributed by atoms with van der Waals surface area (Å²) in [6.45, 7) is 15.1. The number of nitrogens with zero attached hydrogens (tertiary/aromatic N) is 9. The van der Waals surface area contributed by atoms with Crippen molar-refractivity contribution in [3.05, 3.63) is 359 Å². The van der Waals surface area contributed by atoms with Crippen LogP contribution < -0.4 is 10.8 Å². The van der Waals surface area contributed by atoms with Gasteiger partial charge in [-0.15, -0.1) is 0 Å². The van der Waals surface area contributed by atoms with Gasteiger partial charge in [0.2, 0.25) is 5.91 Å². The van der Waals surface area contributed by atoms with Crippen molar-refractivity contribution in [2.45, 2.75) is 90.9 Å². The number of likely N-dealkylation sites (tertiary alicyclic amines) is 1. The Hall–Kier alpha value is -11.7. The summed E-state index contributed by atoms with van der Waals surface area (Å²) in [5.74, 6) is 0.157. The zero-order valence-corrected chi connectivity index (χ0v) is 68.7. The maximum Gasteiger partial charge on any atom is 0.494 e. The zero-order chi connectivity index (χ0) is 79.0. The van der Waals surface area contributed by atoms with Gasteiger partial charge in [-0.1, -0.05) is 189 Å². The number of aromatic nitrogens is 9. The van der Waals surface area contributed by atoms with Gasteiger partial charge < -0.3 is 42.8 Å². The fraction of sp³-hybridized carbons (Fsp3) is 0.165. The second-order valence-corrected chi connectivity index (χ2v) is 32.6. The molecule has 1 amide bonds. The number of rotatable bonds is 13. The molecule has 0 saturated carbocycles. The lowest BCUT2D eigenvalue weighted by atomic mass is 9.78. The summed E-state index contributed by atoms with van der Waals surface area (Å²) in [4.78, 5) is 34.9. The Bertz CT molecular complexity index is 6400. The average Bonchev–Trinajstić information content (AvgIpc) is 1.59. The van der Waals surface area contributed by atoms with E-state index in [4.69, 9.17) is 20.9 Å². The molecule has 7 aromatic heterocycles. The SMILES string of the molecule is Brc1ccc2[nH]ccc2c1.Brc1ccc2c(ccn2Cc2ccccc2)c1.CC(=O)N1CCC(Nc2cc(-c3ccc4c(ccn4Cc4ccccc4)c3)c3nccnc3c2)CC1.CC1(C)OB(c2ccc3c(ccn3Cc3ccccc3)c2)OC1(C)C.Clc1cc(-c2ccc3c(ccn3Cc3ccccc3)c2)c2nccnc2c1. The smallest absolute Gasteiger partial charge is 0.399 e. The van der Waals surface area contributed by atoms with Gasteiger partial charge in [0, 0.05) is 188 Å². The highest BCUT2D eigenvalue weighted by atomic mass is 79.9. The van der Waals surface area contributed by atoms with Crippen molar-refractivity contribution in [2.75, 3.05) is 18.4 Å². The minimum Gasteiger partial charge on any atom is -0.399 e. The lowest BCUT2D eigenvalue weighted by molar-refractivity contribution is -0.129. The molecule has 20 rings (SSSR count). The van der Waals surface area contributed by atoms with E-state index in [2.05, 4.69) is 363 Å². The van der Waals surface area contributed by atoms with Gasteiger partial charge in [-0.2, -0.15) is 0 Å². The van der Waals surface area contributed by atoms with E-state index in [-0.39, 0.29) is 24.2 Å². The first-order chi connectivity index (χ1) is 56.0. The summed E-state index contributed by atoms with van der Waals surface area (Å²) < 4.78 is 23.7. The number of carbonyl (C=O) groups is 1. The fourth-order valence-corrected chi connectivity index (χ4v) is 16.1. The molecule has 0 atom stereocenters. The van der Waals surface area contributed by atoms with Gasteiger partial charge in [-0.25, -0.2) is 0 Å². The Balaban J connectivity index is 0.000000113. The molecule has 18 aromatic rings. The first-order valence-electron chi connectivity index (χ1n) is 38.9. The topological polar surface area (TPSA) is 138 Å². The zero-order valence-electron chi connectivity index (χ0n) is 64.8. The van der Waals surface area contributed by atoms with Crippen molar-refractivity contribution in [1.29, 1.82) is 0 Å². The van der Waals surface area contributed by atoms with E-state index < -0.39 is 0 Å². The number of nitrogens with one attached hydrogen (secondary N) is 2. The molecular weight excluding hydrogens is 1570 g/mol. The Kier molecular flexibility index (Phi) is 23.2. The van der Waals surface area contributed by atoms with Crippen LogP contribution in [-0.2, 0) is 40.3 Å². The normalized spacial score (nSPS) is 13.8. The number of hydrogen-bond donors (Lipinski definition) is 2. The molecule has 0 bridgehead atoms. The second-order valence-electron chi connectivity index (χ2n) is 30.3. The van der Waals surface area contributed by atoms with Gasteiger partial charge in [-0.3, -0.25) is 24.7 Å². The van der Waals surface area contributed by atoms with E-state index in [1.54, 1.807) is 31.7 Å². The highest BCUT2D eigenvalue weighted by Gasteiger charge is 2.51. The molecule has 0 aliphatic carbocycles. The maximum atomic E-state index is 11.7. The number of H-pyrrole nitrogens is 1. The predicted molar refractivity (Wildman–Crippen MR) is 480 cm³/mol. The van der Waals surface area contributed by atoms with Crippen LogP contribution in [0.15, 0.2) is 332 Å². The highest BCUT2D eigenvalue weighted by Crippen LogP contribution is 2.39. The molecule has 2 saturated heterocycles. The van der Waals surface area contributed by atoms with Crippen molar-refractivity contribution in [3.63, 3.8) is 0 Å². The van der Waals surface area contributed by atoms with Crippen LogP contribution in [0.1, 0.15) is 69.7 Å². The molecule has 0 spiro atoms. The summed E-state index contributed by atoms with van der Waals surface area (Å²) in [6, 6.07) is 93.3. The molecule has 2 aliphatic rings. The molecule has 0 radical (unpaired) electrons. The van der Waals surface area contributed by atoms with E-state index >= 15 is 0 Å². The van der Waals surface area contributed by atoms with Crippen LogP contribution in [0, 0.1) is 0 Å². The molecule has 14 nitrogen and oxygen atoms in total. The van der Waals surface area contributed by atoms with E-state index in [9.17, 15) is 4.79 Å². The number of fused-ring (bicyclic) bond motifs is 7. The molecule has 572 valence electrons. The molecule has 11 aromatic carbocycles. The standard InChI is InChI=1S/C30H29N5O.C23H16ClN3.C21H24BNO2.C15H12BrN.C8H6BrN/c1-21(36)34-15-10-25(11-16-34)33-26-18-27(30-28(19-26)31-12-13-32-30)23-7-8-29-24(17-23)9-14-35(29)20-22-5-3-2-4-6-22;24-19-13-20(23-21(14-19)25-9-10-26-23)17-6-7-22-18(12-17)8-11-27(22)15-16-4-2-1-3-5-16;1-20(2)21(3,4)25-22(24-20)18-10-11-19-17(14-18)12-13-23(19)15-16-8-6-5-7-9-16;16-14-6-7-15-13(10-14)8-9-17(15)11-12-4-2-1-3-5-12;9-7-1-2-8-6(5-7)3-4-10-8/h2-9,12-14,17-19,25,33H,10-11,15-16,20H2,1H3;1-14H,15H2;5-14H,15H2,1-4H3;1-10H,11H2;1-5,10H. The number of aromatic amines is 1. The van der Waals surface area contributed by atoms with E-state index in [0.717, 1.165) is 117 Å². The number of halogens is 3. The molecular formula is C97H87BBr2ClN11O3. The van der Waals surface area contributed by atoms with Crippen molar-refractivity contribution in [2.24, 2.45) is 0 Å². The summed E-state index contributed by atoms with van der Waals surface area (Å²) in [5.41, 5.74) is 20.5. The monoisotopic (exact) mass is 1660 g/mol. The number of anilines is 1. The molecule has 18 heteroatoms.